The summed E-state index contributed by atoms with van der Waals surface area (Å²) in [5, 5.41) is 0.629. The van der Waals surface area contributed by atoms with Gasteiger partial charge in [0.2, 0.25) is 11.8 Å². The summed E-state index contributed by atoms with van der Waals surface area (Å²) in [4.78, 5) is 25.3. The standard InChI is InChI=1S/C16H19ClN2O2/c1-11-5-7-13(16(18)21)10-19(11)15(20)8-6-12-3-2-4-14(17)9-12/h2-4,6,8-9,11,13H,5,7,10H2,1H3,(H2,18,21). The van der Waals surface area contributed by atoms with Gasteiger partial charge in [-0.1, -0.05) is 23.7 Å². The van der Waals surface area contributed by atoms with Crippen molar-refractivity contribution in [3.8, 4) is 0 Å². The van der Waals surface area contributed by atoms with Gasteiger partial charge >= 0.3 is 0 Å². The van der Waals surface area contributed by atoms with Gasteiger partial charge in [0.05, 0.1) is 5.92 Å². The monoisotopic (exact) mass is 306 g/mol. The SMILES string of the molecule is CC1CCC(C(N)=O)CN1C(=O)C=Cc1cccc(Cl)c1. The molecule has 0 spiro atoms. The Kier molecular flexibility index (Phi) is 5.02. The number of carbonyl (C=O) groups is 2. The molecule has 5 heteroatoms. The van der Waals surface area contributed by atoms with Gasteiger partial charge in [-0.05, 0) is 43.5 Å². The topological polar surface area (TPSA) is 63.4 Å². The van der Waals surface area contributed by atoms with Crippen molar-refractivity contribution in [3.05, 3.63) is 40.9 Å². The van der Waals surface area contributed by atoms with Crippen LogP contribution in [0.15, 0.2) is 30.3 Å². The number of hydrogen-bond donors (Lipinski definition) is 1. The van der Waals surface area contributed by atoms with E-state index in [0.717, 1.165) is 18.4 Å². The first kappa shape index (κ1) is 15.6. The number of halogens is 1. The third kappa shape index (κ3) is 4.08. The van der Waals surface area contributed by atoms with Crippen LogP contribution in [0.25, 0.3) is 6.08 Å². The number of nitrogens with two attached hydrogens (primary N) is 1. The lowest BCUT2D eigenvalue weighted by molar-refractivity contribution is -0.133. The maximum absolute atomic E-state index is 12.3. The van der Waals surface area contributed by atoms with Gasteiger partial charge in [0.1, 0.15) is 0 Å². The van der Waals surface area contributed by atoms with Crippen LogP contribution in [0, 0.1) is 5.92 Å². The van der Waals surface area contributed by atoms with Crippen molar-refractivity contribution >= 4 is 29.5 Å². The molecule has 1 fully saturated rings. The van der Waals surface area contributed by atoms with Gasteiger partial charge in [0.15, 0.2) is 0 Å². The van der Waals surface area contributed by atoms with Gasteiger partial charge in [0, 0.05) is 23.7 Å². The minimum absolute atomic E-state index is 0.103. The number of benzene rings is 1. The van der Waals surface area contributed by atoms with Crippen molar-refractivity contribution in [2.75, 3.05) is 6.54 Å². The zero-order valence-corrected chi connectivity index (χ0v) is 12.7. The Bertz CT molecular complexity index is 571. The molecular weight excluding hydrogens is 288 g/mol. The largest absolute Gasteiger partial charge is 0.369 e. The van der Waals surface area contributed by atoms with E-state index in [1.165, 1.54) is 6.08 Å². The lowest BCUT2D eigenvalue weighted by Gasteiger charge is -2.36. The van der Waals surface area contributed by atoms with Crippen molar-refractivity contribution in [1.29, 1.82) is 0 Å². The Morgan fingerprint density at radius 1 is 1.38 bits per heavy atom. The molecule has 1 aromatic rings. The van der Waals surface area contributed by atoms with Crippen LogP contribution in [-0.2, 0) is 9.59 Å². The highest BCUT2D eigenvalue weighted by molar-refractivity contribution is 6.30. The molecule has 2 N–H and O–H groups in total. The van der Waals surface area contributed by atoms with Crippen LogP contribution in [0.5, 0.6) is 0 Å². The highest BCUT2D eigenvalue weighted by Gasteiger charge is 2.30. The molecule has 21 heavy (non-hydrogen) atoms. The quantitative estimate of drug-likeness (QED) is 0.872. The van der Waals surface area contributed by atoms with Crippen LogP contribution in [0.3, 0.4) is 0 Å². The Morgan fingerprint density at radius 2 is 2.14 bits per heavy atom. The fraction of sp³-hybridized carbons (Fsp3) is 0.375. The molecule has 1 aliphatic rings. The molecule has 1 aliphatic heterocycles. The number of nitrogens with zero attached hydrogens (tertiary/aromatic N) is 1. The maximum Gasteiger partial charge on any atom is 0.246 e. The predicted octanol–water partition coefficient (Wildman–Crippen LogP) is 2.47. The average Bonchev–Trinajstić information content (AvgIpc) is 2.45. The second-order valence-corrected chi connectivity index (χ2v) is 5.84. The summed E-state index contributed by atoms with van der Waals surface area (Å²) >= 11 is 5.91. The van der Waals surface area contributed by atoms with E-state index in [2.05, 4.69) is 0 Å². The molecule has 4 nitrogen and oxygen atoms in total. The van der Waals surface area contributed by atoms with Crippen LogP contribution in [0.1, 0.15) is 25.3 Å². The van der Waals surface area contributed by atoms with Crippen molar-refractivity contribution in [1.82, 2.24) is 4.90 Å². The molecule has 1 aromatic carbocycles. The van der Waals surface area contributed by atoms with E-state index in [1.54, 1.807) is 23.1 Å². The van der Waals surface area contributed by atoms with E-state index in [0.29, 0.717) is 11.6 Å². The minimum Gasteiger partial charge on any atom is -0.369 e. The molecule has 0 saturated carbocycles. The molecule has 0 aromatic heterocycles. The Morgan fingerprint density at radius 3 is 2.81 bits per heavy atom. The van der Waals surface area contributed by atoms with Crippen molar-refractivity contribution in [2.45, 2.75) is 25.8 Å². The fourth-order valence-corrected chi connectivity index (χ4v) is 2.72. The number of amides is 2. The van der Waals surface area contributed by atoms with E-state index in [4.69, 9.17) is 17.3 Å². The highest BCUT2D eigenvalue weighted by atomic mass is 35.5. The molecule has 2 atom stereocenters. The van der Waals surface area contributed by atoms with Gasteiger partial charge < -0.3 is 10.6 Å². The first-order chi connectivity index (χ1) is 9.97. The highest BCUT2D eigenvalue weighted by Crippen LogP contribution is 2.22. The molecule has 2 amide bonds. The number of primary amides is 1. The first-order valence-electron chi connectivity index (χ1n) is 7.01. The number of likely N-dealkylation sites (tertiary alicyclic amines) is 1. The lowest BCUT2D eigenvalue weighted by Crippen LogP contribution is -2.48. The molecule has 0 radical (unpaired) electrons. The summed E-state index contributed by atoms with van der Waals surface area (Å²) in [7, 11) is 0. The summed E-state index contributed by atoms with van der Waals surface area (Å²) in [6.07, 6.45) is 4.79. The van der Waals surface area contributed by atoms with Crippen molar-refractivity contribution in [3.63, 3.8) is 0 Å². The molecular formula is C16H19ClN2O2. The number of carbonyl (C=O) groups excluding carboxylic acids is 2. The number of piperidine rings is 1. The Balaban J connectivity index is 2.06. The zero-order valence-electron chi connectivity index (χ0n) is 12.0. The van der Waals surface area contributed by atoms with Gasteiger partial charge in [-0.15, -0.1) is 0 Å². The third-order valence-electron chi connectivity index (χ3n) is 3.83. The third-order valence-corrected chi connectivity index (χ3v) is 4.07. The molecule has 2 unspecified atom stereocenters. The number of hydrogen-bond acceptors (Lipinski definition) is 2. The Hall–Kier alpha value is -1.81. The maximum atomic E-state index is 12.3. The van der Waals surface area contributed by atoms with Crippen LogP contribution >= 0.6 is 11.6 Å². The summed E-state index contributed by atoms with van der Waals surface area (Å²) < 4.78 is 0. The normalized spacial score (nSPS) is 22.5. The van der Waals surface area contributed by atoms with Gasteiger partial charge in [-0.25, -0.2) is 0 Å². The summed E-state index contributed by atoms with van der Waals surface area (Å²) in [6.45, 7) is 2.39. The predicted molar refractivity (Wildman–Crippen MR) is 83.6 cm³/mol. The van der Waals surface area contributed by atoms with E-state index >= 15 is 0 Å². The zero-order chi connectivity index (χ0) is 15.4. The summed E-state index contributed by atoms with van der Waals surface area (Å²) in [5.41, 5.74) is 6.21. The van der Waals surface area contributed by atoms with Crippen LogP contribution < -0.4 is 5.73 Å². The first-order valence-corrected chi connectivity index (χ1v) is 7.38. The fourth-order valence-electron chi connectivity index (χ4n) is 2.52. The van der Waals surface area contributed by atoms with Crippen LogP contribution in [-0.4, -0.2) is 29.3 Å². The second kappa shape index (κ2) is 6.76. The molecule has 2 rings (SSSR count). The minimum atomic E-state index is -0.335. The summed E-state index contributed by atoms with van der Waals surface area (Å²) in [5.74, 6) is -0.684. The molecule has 0 aliphatic carbocycles. The van der Waals surface area contributed by atoms with E-state index < -0.39 is 0 Å². The Labute approximate surface area is 129 Å². The molecule has 1 saturated heterocycles. The molecule has 112 valence electrons. The lowest BCUT2D eigenvalue weighted by atomic mass is 9.93. The molecule has 0 bridgehead atoms. The van der Waals surface area contributed by atoms with E-state index in [1.807, 2.05) is 19.1 Å². The van der Waals surface area contributed by atoms with Crippen molar-refractivity contribution < 1.29 is 9.59 Å². The second-order valence-electron chi connectivity index (χ2n) is 5.40. The van der Waals surface area contributed by atoms with Crippen LogP contribution in [0.4, 0.5) is 0 Å². The molecule has 1 heterocycles. The van der Waals surface area contributed by atoms with Gasteiger partial charge in [-0.2, -0.15) is 0 Å². The van der Waals surface area contributed by atoms with E-state index in [9.17, 15) is 9.59 Å². The van der Waals surface area contributed by atoms with Gasteiger partial charge in [-0.3, -0.25) is 9.59 Å². The van der Waals surface area contributed by atoms with Crippen molar-refractivity contribution in [2.24, 2.45) is 11.7 Å². The number of rotatable bonds is 3. The van der Waals surface area contributed by atoms with E-state index in [-0.39, 0.29) is 23.8 Å². The van der Waals surface area contributed by atoms with Gasteiger partial charge in [0.25, 0.3) is 0 Å². The average molecular weight is 307 g/mol. The smallest absolute Gasteiger partial charge is 0.246 e. The summed E-state index contributed by atoms with van der Waals surface area (Å²) in [6, 6.07) is 7.40. The van der Waals surface area contributed by atoms with Crippen LogP contribution in [0.2, 0.25) is 5.02 Å².